The summed E-state index contributed by atoms with van der Waals surface area (Å²) in [6.07, 6.45) is 1.67. The first-order valence-corrected chi connectivity index (χ1v) is 4.40. The van der Waals surface area contributed by atoms with Crippen molar-refractivity contribution in [2.75, 3.05) is 7.11 Å². The molecule has 0 saturated carbocycles. The molecule has 0 amide bonds. The van der Waals surface area contributed by atoms with Crippen LogP contribution in [-0.2, 0) is 4.74 Å². The third-order valence-electron chi connectivity index (χ3n) is 1.86. The second-order valence-electron chi connectivity index (χ2n) is 3.19. The van der Waals surface area contributed by atoms with Crippen LogP contribution in [0.15, 0.2) is 12.6 Å². The molecule has 0 aliphatic carbocycles. The van der Waals surface area contributed by atoms with Crippen molar-refractivity contribution in [3.8, 4) is 0 Å². The molecule has 76 valence electrons. The van der Waals surface area contributed by atoms with Crippen LogP contribution in [-0.4, -0.2) is 22.9 Å². The van der Waals surface area contributed by atoms with E-state index in [2.05, 4.69) is 16.4 Å². The minimum absolute atomic E-state index is 0.196. The first-order valence-electron chi connectivity index (χ1n) is 4.40. The van der Waals surface area contributed by atoms with Crippen molar-refractivity contribution >= 4 is 12.0 Å². The molecule has 14 heavy (non-hydrogen) atoms. The van der Waals surface area contributed by atoms with E-state index in [1.165, 1.54) is 7.11 Å². The molecule has 4 nitrogen and oxygen atoms in total. The predicted octanol–water partition coefficient (Wildman–Crippen LogP) is 1.89. The Kier molecular flexibility index (Phi) is 3.06. The molecule has 0 unspecified atom stereocenters. The summed E-state index contributed by atoms with van der Waals surface area (Å²) in [5.74, 6) is -0.424. The molecule has 1 aromatic rings. The topological polar surface area (TPSA) is 44.1 Å². The molecule has 0 spiro atoms. The standard InChI is InChI=1S/C10H14N2O2/c1-5-8-6-9(10(13)14-4)11-12(8)7(2)3/h5-7H,1H2,2-4H3. The SMILES string of the molecule is C=Cc1cc(C(=O)OC)nn1C(C)C. The summed E-state index contributed by atoms with van der Waals surface area (Å²) in [6.45, 7) is 7.63. The molecule has 0 radical (unpaired) electrons. The summed E-state index contributed by atoms with van der Waals surface area (Å²) in [4.78, 5) is 11.2. The van der Waals surface area contributed by atoms with E-state index in [9.17, 15) is 4.79 Å². The van der Waals surface area contributed by atoms with E-state index in [0.29, 0.717) is 5.69 Å². The van der Waals surface area contributed by atoms with Gasteiger partial charge < -0.3 is 4.74 Å². The minimum atomic E-state index is -0.424. The van der Waals surface area contributed by atoms with Gasteiger partial charge in [0, 0.05) is 6.04 Å². The van der Waals surface area contributed by atoms with E-state index in [0.717, 1.165) is 5.69 Å². The maximum Gasteiger partial charge on any atom is 0.358 e. The molecule has 1 heterocycles. The number of esters is 1. The van der Waals surface area contributed by atoms with Crippen molar-refractivity contribution in [3.63, 3.8) is 0 Å². The van der Waals surface area contributed by atoms with Crippen molar-refractivity contribution in [2.45, 2.75) is 19.9 Å². The fraction of sp³-hybridized carbons (Fsp3) is 0.400. The van der Waals surface area contributed by atoms with E-state index < -0.39 is 5.97 Å². The lowest BCUT2D eigenvalue weighted by molar-refractivity contribution is 0.0593. The van der Waals surface area contributed by atoms with Crippen LogP contribution in [0, 0.1) is 0 Å². The van der Waals surface area contributed by atoms with E-state index in [-0.39, 0.29) is 6.04 Å². The number of hydrogen-bond donors (Lipinski definition) is 0. The Balaban J connectivity index is 3.13. The second-order valence-corrected chi connectivity index (χ2v) is 3.19. The van der Waals surface area contributed by atoms with Crippen LogP contribution in [0.3, 0.4) is 0 Å². The molecule has 0 aliphatic rings. The van der Waals surface area contributed by atoms with Crippen molar-refractivity contribution in [1.29, 1.82) is 0 Å². The Morgan fingerprint density at radius 1 is 1.71 bits per heavy atom. The van der Waals surface area contributed by atoms with Gasteiger partial charge >= 0.3 is 5.97 Å². The number of aromatic nitrogens is 2. The first-order chi connectivity index (χ1) is 6.60. The van der Waals surface area contributed by atoms with E-state index in [4.69, 9.17) is 0 Å². The van der Waals surface area contributed by atoms with Crippen LogP contribution in [0.1, 0.15) is 36.1 Å². The lowest BCUT2D eigenvalue weighted by Crippen LogP contribution is -2.07. The van der Waals surface area contributed by atoms with Crippen LogP contribution in [0.2, 0.25) is 0 Å². The summed E-state index contributed by atoms with van der Waals surface area (Å²) in [7, 11) is 1.34. The zero-order valence-electron chi connectivity index (χ0n) is 8.65. The van der Waals surface area contributed by atoms with Crippen molar-refractivity contribution in [3.05, 3.63) is 24.0 Å². The van der Waals surface area contributed by atoms with Gasteiger partial charge in [-0.25, -0.2) is 4.79 Å². The van der Waals surface area contributed by atoms with Crippen LogP contribution in [0.5, 0.6) is 0 Å². The van der Waals surface area contributed by atoms with Crippen LogP contribution >= 0.6 is 0 Å². The van der Waals surface area contributed by atoms with Gasteiger partial charge in [0.25, 0.3) is 0 Å². The molecule has 0 saturated heterocycles. The molecule has 1 rings (SSSR count). The van der Waals surface area contributed by atoms with Crippen molar-refractivity contribution in [1.82, 2.24) is 9.78 Å². The Labute approximate surface area is 83.2 Å². The summed E-state index contributed by atoms with van der Waals surface area (Å²) >= 11 is 0. The fourth-order valence-electron chi connectivity index (χ4n) is 1.18. The smallest absolute Gasteiger partial charge is 0.358 e. The number of rotatable bonds is 3. The number of hydrogen-bond acceptors (Lipinski definition) is 3. The normalized spacial score (nSPS) is 10.3. The van der Waals surface area contributed by atoms with Crippen LogP contribution in [0.4, 0.5) is 0 Å². The van der Waals surface area contributed by atoms with Gasteiger partial charge in [-0.05, 0) is 26.0 Å². The lowest BCUT2D eigenvalue weighted by atomic mass is 10.3. The average Bonchev–Trinajstić information content (AvgIpc) is 2.60. The minimum Gasteiger partial charge on any atom is -0.464 e. The molecule has 4 heteroatoms. The predicted molar refractivity (Wildman–Crippen MR) is 54.0 cm³/mol. The largest absolute Gasteiger partial charge is 0.464 e. The molecule has 0 aliphatic heterocycles. The number of methoxy groups -OCH3 is 1. The summed E-state index contributed by atoms with van der Waals surface area (Å²) in [5, 5.41) is 4.12. The Hall–Kier alpha value is -1.58. The number of nitrogens with zero attached hydrogens (tertiary/aromatic N) is 2. The van der Waals surface area contributed by atoms with Gasteiger partial charge in [0.2, 0.25) is 0 Å². The van der Waals surface area contributed by atoms with E-state index >= 15 is 0 Å². The van der Waals surface area contributed by atoms with Gasteiger partial charge in [0.05, 0.1) is 12.8 Å². The van der Waals surface area contributed by atoms with Gasteiger partial charge in [-0.1, -0.05) is 6.58 Å². The maximum atomic E-state index is 11.2. The highest BCUT2D eigenvalue weighted by atomic mass is 16.5. The highest BCUT2D eigenvalue weighted by molar-refractivity contribution is 5.87. The molecular weight excluding hydrogens is 180 g/mol. The molecular formula is C10H14N2O2. The maximum absolute atomic E-state index is 11.2. The third kappa shape index (κ3) is 1.84. The monoisotopic (exact) mass is 194 g/mol. The highest BCUT2D eigenvalue weighted by Gasteiger charge is 2.14. The van der Waals surface area contributed by atoms with Gasteiger partial charge in [0.15, 0.2) is 5.69 Å². The van der Waals surface area contributed by atoms with Crippen LogP contribution < -0.4 is 0 Å². The second kappa shape index (κ2) is 4.09. The number of carbonyl (C=O) groups excluding carboxylic acids is 1. The first kappa shape index (κ1) is 10.5. The Morgan fingerprint density at radius 3 is 2.71 bits per heavy atom. The van der Waals surface area contributed by atoms with Crippen molar-refractivity contribution in [2.24, 2.45) is 0 Å². The molecule has 0 bridgehead atoms. The van der Waals surface area contributed by atoms with Gasteiger partial charge in [-0.2, -0.15) is 5.10 Å². The highest BCUT2D eigenvalue weighted by Crippen LogP contribution is 2.12. The zero-order valence-corrected chi connectivity index (χ0v) is 8.65. The number of ether oxygens (including phenoxy) is 1. The molecule has 0 atom stereocenters. The average molecular weight is 194 g/mol. The van der Waals surface area contributed by atoms with E-state index in [1.54, 1.807) is 16.8 Å². The zero-order chi connectivity index (χ0) is 10.7. The Morgan fingerprint density at radius 2 is 2.36 bits per heavy atom. The third-order valence-corrected chi connectivity index (χ3v) is 1.86. The van der Waals surface area contributed by atoms with Gasteiger partial charge in [0.1, 0.15) is 0 Å². The lowest BCUT2D eigenvalue weighted by Gasteiger charge is -2.07. The van der Waals surface area contributed by atoms with Gasteiger partial charge in [-0.15, -0.1) is 0 Å². The van der Waals surface area contributed by atoms with E-state index in [1.807, 2.05) is 13.8 Å². The van der Waals surface area contributed by atoms with Gasteiger partial charge in [-0.3, -0.25) is 4.68 Å². The summed E-state index contributed by atoms with van der Waals surface area (Å²) in [5.41, 5.74) is 1.14. The molecule has 0 N–H and O–H groups in total. The summed E-state index contributed by atoms with van der Waals surface area (Å²) < 4.78 is 6.32. The van der Waals surface area contributed by atoms with Crippen molar-refractivity contribution < 1.29 is 9.53 Å². The van der Waals surface area contributed by atoms with Crippen LogP contribution in [0.25, 0.3) is 6.08 Å². The molecule has 0 fully saturated rings. The quantitative estimate of drug-likeness (QED) is 0.690. The Bertz CT molecular complexity index is 353. The number of carbonyl (C=O) groups is 1. The fourth-order valence-corrected chi connectivity index (χ4v) is 1.18. The molecule has 0 aromatic carbocycles. The molecule has 1 aromatic heterocycles. The summed E-state index contributed by atoms with van der Waals surface area (Å²) in [6, 6.07) is 1.86.